The summed E-state index contributed by atoms with van der Waals surface area (Å²) >= 11 is 5.95. The van der Waals surface area contributed by atoms with E-state index in [0.717, 1.165) is 22.3 Å². The molecule has 0 bridgehead atoms. The summed E-state index contributed by atoms with van der Waals surface area (Å²) in [4.78, 5) is 4.04. The SMILES string of the molecule is C=Cc1cnc(Cl)cc1C1=Cc2c(F)cccc2C1. The molecule has 0 aliphatic heterocycles. The van der Waals surface area contributed by atoms with Gasteiger partial charge in [0, 0.05) is 11.8 Å². The number of aromatic nitrogens is 1. The van der Waals surface area contributed by atoms with Crippen LogP contribution in [-0.4, -0.2) is 4.98 Å². The van der Waals surface area contributed by atoms with Gasteiger partial charge in [-0.05, 0) is 46.9 Å². The van der Waals surface area contributed by atoms with E-state index in [4.69, 9.17) is 11.6 Å². The molecular formula is C16H11ClFN. The molecule has 0 amide bonds. The number of hydrogen-bond donors (Lipinski definition) is 0. The lowest BCUT2D eigenvalue weighted by Crippen LogP contribution is -1.91. The summed E-state index contributed by atoms with van der Waals surface area (Å²) in [6.45, 7) is 3.77. The van der Waals surface area contributed by atoms with Gasteiger partial charge in [0.15, 0.2) is 0 Å². The van der Waals surface area contributed by atoms with E-state index in [1.807, 2.05) is 12.1 Å². The molecule has 1 nitrogen and oxygen atoms in total. The molecule has 0 N–H and O–H groups in total. The zero-order valence-corrected chi connectivity index (χ0v) is 10.9. The van der Waals surface area contributed by atoms with Crippen LogP contribution in [0.15, 0.2) is 37.0 Å². The molecule has 0 saturated heterocycles. The normalized spacial score (nSPS) is 13.1. The zero-order valence-electron chi connectivity index (χ0n) is 10.2. The molecule has 1 aliphatic rings. The van der Waals surface area contributed by atoms with E-state index >= 15 is 0 Å². The first-order chi connectivity index (χ1) is 9.19. The number of fused-ring (bicyclic) bond motifs is 1. The van der Waals surface area contributed by atoms with Crippen LogP contribution in [0.2, 0.25) is 5.15 Å². The first kappa shape index (κ1) is 12.1. The van der Waals surface area contributed by atoms with Gasteiger partial charge in [0.05, 0.1) is 0 Å². The molecule has 0 saturated carbocycles. The van der Waals surface area contributed by atoms with Crippen molar-refractivity contribution < 1.29 is 4.39 Å². The van der Waals surface area contributed by atoms with Gasteiger partial charge in [-0.2, -0.15) is 0 Å². The van der Waals surface area contributed by atoms with Gasteiger partial charge < -0.3 is 0 Å². The van der Waals surface area contributed by atoms with Gasteiger partial charge in [0.2, 0.25) is 0 Å². The Hall–Kier alpha value is -1.93. The van der Waals surface area contributed by atoms with Gasteiger partial charge in [0.25, 0.3) is 0 Å². The van der Waals surface area contributed by atoms with Crippen LogP contribution in [0.4, 0.5) is 4.39 Å². The number of pyridine rings is 1. The van der Waals surface area contributed by atoms with Crippen molar-refractivity contribution in [2.45, 2.75) is 6.42 Å². The molecule has 0 unspecified atom stereocenters. The maximum Gasteiger partial charge on any atom is 0.130 e. The summed E-state index contributed by atoms with van der Waals surface area (Å²) in [7, 11) is 0. The van der Waals surface area contributed by atoms with Crippen molar-refractivity contribution in [2.75, 3.05) is 0 Å². The van der Waals surface area contributed by atoms with Gasteiger partial charge >= 0.3 is 0 Å². The first-order valence-corrected chi connectivity index (χ1v) is 6.33. The lowest BCUT2D eigenvalue weighted by atomic mass is 10.0. The van der Waals surface area contributed by atoms with Gasteiger partial charge in [-0.3, -0.25) is 0 Å². The average molecular weight is 272 g/mol. The Bertz CT molecular complexity index is 704. The molecule has 0 spiro atoms. The van der Waals surface area contributed by atoms with Crippen LogP contribution in [0.25, 0.3) is 17.7 Å². The second-order valence-corrected chi connectivity index (χ2v) is 4.84. The van der Waals surface area contributed by atoms with E-state index < -0.39 is 0 Å². The molecule has 0 atom stereocenters. The minimum absolute atomic E-state index is 0.187. The third kappa shape index (κ3) is 2.08. The fourth-order valence-electron chi connectivity index (χ4n) is 2.38. The highest BCUT2D eigenvalue weighted by Crippen LogP contribution is 2.35. The molecule has 0 fully saturated rings. The van der Waals surface area contributed by atoms with Crippen LogP contribution in [0.3, 0.4) is 0 Å². The number of halogens is 2. The molecule has 1 aromatic heterocycles. The van der Waals surface area contributed by atoms with Crippen molar-refractivity contribution in [2.24, 2.45) is 0 Å². The minimum atomic E-state index is -0.187. The van der Waals surface area contributed by atoms with E-state index in [1.54, 1.807) is 24.4 Å². The molecule has 94 valence electrons. The standard InChI is InChI=1S/C16H11ClFN/c1-2-10-9-19-16(17)8-13(10)12-6-11-4-3-5-15(18)14(11)7-12/h2-5,7-9H,1,6H2. The lowest BCUT2D eigenvalue weighted by molar-refractivity contribution is 0.624. The van der Waals surface area contributed by atoms with Gasteiger partial charge in [0.1, 0.15) is 11.0 Å². The summed E-state index contributed by atoms with van der Waals surface area (Å²) in [6.07, 6.45) is 6.00. The Morgan fingerprint density at radius 1 is 1.37 bits per heavy atom. The molecule has 3 rings (SSSR count). The van der Waals surface area contributed by atoms with Crippen molar-refractivity contribution in [3.63, 3.8) is 0 Å². The first-order valence-electron chi connectivity index (χ1n) is 5.95. The van der Waals surface area contributed by atoms with Crippen molar-refractivity contribution in [3.8, 4) is 0 Å². The average Bonchev–Trinajstić information content (AvgIpc) is 2.84. The summed E-state index contributed by atoms with van der Waals surface area (Å²) in [5.74, 6) is -0.187. The molecule has 2 aromatic rings. The number of rotatable bonds is 2. The van der Waals surface area contributed by atoms with E-state index in [0.29, 0.717) is 17.1 Å². The topological polar surface area (TPSA) is 12.9 Å². The quantitative estimate of drug-likeness (QED) is 0.727. The number of benzene rings is 1. The Kier molecular flexibility index (Phi) is 2.96. The van der Waals surface area contributed by atoms with Crippen LogP contribution < -0.4 is 0 Å². The van der Waals surface area contributed by atoms with Crippen molar-refractivity contribution in [1.29, 1.82) is 0 Å². The van der Waals surface area contributed by atoms with E-state index in [9.17, 15) is 4.39 Å². The smallest absolute Gasteiger partial charge is 0.130 e. The highest BCUT2D eigenvalue weighted by atomic mass is 35.5. The molecule has 1 aromatic carbocycles. The largest absolute Gasteiger partial charge is 0.244 e. The van der Waals surface area contributed by atoms with E-state index in [-0.39, 0.29) is 5.82 Å². The highest BCUT2D eigenvalue weighted by Gasteiger charge is 2.18. The lowest BCUT2D eigenvalue weighted by Gasteiger charge is -2.07. The van der Waals surface area contributed by atoms with Gasteiger partial charge in [-0.15, -0.1) is 0 Å². The predicted molar refractivity (Wildman–Crippen MR) is 77.3 cm³/mol. The van der Waals surface area contributed by atoms with E-state index in [1.165, 1.54) is 6.07 Å². The molecular weight excluding hydrogens is 261 g/mol. The van der Waals surface area contributed by atoms with Crippen LogP contribution in [0.1, 0.15) is 22.3 Å². The van der Waals surface area contributed by atoms with Crippen molar-refractivity contribution in [3.05, 3.63) is 70.3 Å². The summed E-state index contributed by atoms with van der Waals surface area (Å²) < 4.78 is 13.7. The molecule has 19 heavy (non-hydrogen) atoms. The highest BCUT2D eigenvalue weighted by molar-refractivity contribution is 6.29. The molecule has 1 aliphatic carbocycles. The van der Waals surface area contributed by atoms with Crippen molar-refractivity contribution in [1.82, 2.24) is 4.98 Å². The Balaban J connectivity index is 2.12. The predicted octanol–water partition coefficient (Wildman–Crippen LogP) is 4.61. The number of nitrogens with zero attached hydrogens (tertiary/aromatic N) is 1. The second-order valence-electron chi connectivity index (χ2n) is 4.46. The second kappa shape index (κ2) is 4.63. The van der Waals surface area contributed by atoms with Gasteiger partial charge in [-0.1, -0.05) is 36.4 Å². The number of hydrogen-bond acceptors (Lipinski definition) is 1. The zero-order chi connectivity index (χ0) is 13.4. The molecule has 1 heterocycles. The fraction of sp³-hybridized carbons (Fsp3) is 0.0625. The number of allylic oxidation sites excluding steroid dienone is 1. The molecule has 0 radical (unpaired) electrons. The summed E-state index contributed by atoms with van der Waals surface area (Å²) in [5.41, 5.74) is 4.58. The van der Waals surface area contributed by atoms with Crippen LogP contribution in [0.5, 0.6) is 0 Å². The van der Waals surface area contributed by atoms with Crippen LogP contribution >= 0.6 is 11.6 Å². The third-order valence-electron chi connectivity index (χ3n) is 3.31. The maximum absolute atomic E-state index is 13.7. The molecule has 3 heteroatoms. The Labute approximate surface area is 116 Å². The maximum atomic E-state index is 13.7. The van der Waals surface area contributed by atoms with E-state index in [2.05, 4.69) is 11.6 Å². The van der Waals surface area contributed by atoms with Crippen LogP contribution in [0, 0.1) is 5.82 Å². The van der Waals surface area contributed by atoms with Crippen LogP contribution in [-0.2, 0) is 6.42 Å². The monoisotopic (exact) mass is 271 g/mol. The van der Waals surface area contributed by atoms with Gasteiger partial charge in [-0.25, -0.2) is 9.37 Å². The Morgan fingerprint density at radius 3 is 2.95 bits per heavy atom. The minimum Gasteiger partial charge on any atom is -0.244 e. The summed E-state index contributed by atoms with van der Waals surface area (Å²) in [5, 5.41) is 0.429. The fourth-order valence-corrected chi connectivity index (χ4v) is 2.54. The Morgan fingerprint density at radius 2 is 2.21 bits per heavy atom. The van der Waals surface area contributed by atoms with Crippen molar-refractivity contribution >= 4 is 29.3 Å². The summed E-state index contributed by atoms with van der Waals surface area (Å²) in [6, 6.07) is 6.96. The third-order valence-corrected chi connectivity index (χ3v) is 3.52.